The summed E-state index contributed by atoms with van der Waals surface area (Å²) < 4.78 is 16.5. The van der Waals surface area contributed by atoms with Gasteiger partial charge in [0, 0.05) is 19.3 Å². The molecule has 0 saturated heterocycles. The molecule has 0 bridgehead atoms. The molecule has 1 aliphatic carbocycles. The van der Waals surface area contributed by atoms with E-state index in [-0.39, 0.29) is 0 Å². The Balaban J connectivity index is 1.36. The number of nitrogens with one attached hydrogen (secondary N) is 1. The Morgan fingerprint density at radius 2 is 1.43 bits per heavy atom. The molecule has 0 atom stereocenters. The van der Waals surface area contributed by atoms with Crippen molar-refractivity contribution >= 4 is 5.69 Å². The Bertz CT molecular complexity index is 663. The van der Waals surface area contributed by atoms with Gasteiger partial charge in [-0.3, -0.25) is 0 Å². The van der Waals surface area contributed by atoms with E-state index in [1.807, 2.05) is 12.1 Å². The van der Waals surface area contributed by atoms with Crippen LogP contribution in [0.2, 0.25) is 0 Å². The van der Waals surface area contributed by atoms with Gasteiger partial charge in [-0.2, -0.15) is 0 Å². The summed E-state index contributed by atoms with van der Waals surface area (Å²) in [6.45, 7) is 2.78. The Morgan fingerprint density at radius 3 is 2.11 bits per heavy atom. The zero-order valence-electron chi connectivity index (χ0n) is 17.0. The van der Waals surface area contributed by atoms with Gasteiger partial charge in [0.05, 0.1) is 13.2 Å². The lowest BCUT2D eigenvalue weighted by molar-refractivity contribution is 0.146. The van der Waals surface area contributed by atoms with Gasteiger partial charge in [-0.1, -0.05) is 44.2 Å². The third-order valence-corrected chi connectivity index (χ3v) is 5.35. The van der Waals surface area contributed by atoms with Crippen molar-refractivity contribution in [3.63, 3.8) is 0 Å². The maximum Gasteiger partial charge on any atom is 0.119 e. The molecule has 1 saturated carbocycles. The van der Waals surface area contributed by atoms with Gasteiger partial charge in [0.1, 0.15) is 18.1 Å². The summed E-state index contributed by atoms with van der Waals surface area (Å²) in [4.78, 5) is 0. The van der Waals surface area contributed by atoms with Crippen molar-refractivity contribution in [2.45, 2.75) is 45.1 Å². The Kier molecular flexibility index (Phi) is 8.51. The zero-order chi connectivity index (χ0) is 19.4. The molecule has 4 heteroatoms. The Hall–Kier alpha value is -2.20. The molecule has 1 N–H and O–H groups in total. The molecule has 152 valence electrons. The van der Waals surface area contributed by atoms with E-state index in [0.717, 1.165) is 36.3 Å². The lowest BCUT2D eigenvalue weighted by atomic mass is 9.87. The summed E-state index contributed by atoms with van der Waals surface area (Å²) in [7, 11) is 1.67. The summed E-state index contributed by atoms with van der Waals surface area (Å²) in [5.74, 6) is 2.70. The van der Waals surface area contributed by atoms with Crippen molar-refractivity contribution in [2.24, 2.45) is 5.92 Å². The number of ether oxygens (including phenoxy) is 3. The van der Waals surface area contributed by atoms with Gasteiger partial charge in [0.25, 0.3) is 0 Å². The van der Waals surface area contributed by atoms with E-state index < -0.39 is 0 Å². The largest absolute Gasteiger partial charge is 0.494 e. The zero-order valence-corrected chi connectivity index (χ0v) is 17.0. The number of hydrogen-bond donors (Lipinski definition) is 1. The van der Waals surface area contributed by atoms with E-state index in [1.165, 1.54) is 44.1 Å². The van der Waals surface area contributed by atoms with Crippen LogP contribution in [0.25, 0.3) is 0 Å². The average molecular weight is 384 g/mol. The molecule has 3 rings (SSSR count). The van der Waals surface area contributed by atoms with Gasteiger partial charge in [0.2, 0.25) is 0 Å². The highest BCUT2D eigenvalue weighted by Gasteiger charge is 2.13. The van der Waals surface area contributed by atoms with Crippen LogP contribution in [0.5, 0.6) is 11.5 Å². The van der Waals surface area contributed by atoms with Crippen LogP contribution < -0.4 is 14.8 Å². The van der Waals surface area contributed by atoms with Crippen molar-refractivity contribution in [2.75, 3.05) is 32.2 Å². The first-order valence-corrected chi connectivity index (χ1v) is 10.5. The van der Waals surface area contributed by atoms with Crippen LogP contribution in [0.4, 0.5) is 5.69 Å². The van der Waals surface area contributed by atoms with Crippen molar-refractivity contribution in [1.29, 1.82) is 0 Å². The highest BCUT2D eigenvalue weighted by molar-refractivity contribution is 5.47. The molecular formula is C24H33NO3. The van der Waals surface area contributed by atoms with Crippen molar-refractivity contribution in [1.82, 2.24) is 0 Å². The van der Waals surface area contributed by atoms with Crippen LogP contribution in [0, 0.1) is 5.92 Å². The molecule has 0 aliphatic heterocycles. The van der Waals surface area contributed by atoms with E-state index in [9.17, 15) is 0 Å². The van der Waals surface area contributed by atoms with Gasteiger partial charge in [-0.05, 0) is 54.3 Å². The monoisotopic (exact) mass is 383 g/mol. The minimum atomic E-state index is 0.573. The Labute approximate surface area is 169 Å². The fourth-order valence-electron chi connectivity index (χ4n) is 3.64. The summed E-state index contributed by atoms with van der Waals surface area (Å²) in [5.41, 5.74) is 2.31. The van der Waals surface area contributed by atoms with Crippen LogP contribution in [0.1, 0.15) is 44.1 Å². The van der Waals surface area contributed by atoms with Crippen LogP contribution in [0.3, 0.4) is 0 Å². The van der Waals surface area contributed by atoms with E-state index in [1.54, 1.807) is 7.11 Å². The molecule has 4 nitrogen and oxygen atoms in total. The molecule has 2 aromatic rings. The second kappa shape index (κ2) is 11.6. The maximum atomic E-state index is 5.93. The minimum absolute atomic E-state index is 0.573. The summed E-state index contributed by atoms with van der Waals surface area (Å²) in [6.07, 6.45) is 8.16. The number of benzene rings is 2. The number of anilines is 1. The van der Waals surface area contributed by atoms with Gasteiger partial charge in [-0.15, -0.1) is 0 Å². The van der Waals surface area contributed by atoms with E-state index in [0.29, 0.717) is 13.2 Å². The van der Waals surface area contributed by atoms with Crippen LogP contribution in [-0.2, 0) is 11.3 Å². The molecule has 1 fully saturated rings. The highest BCUT2D eigenvalue weighted by atomic mass is 16.5. The minimum Gasteiger partial charge on any atom is -0.494 e. The summed E-state index contributed by atoms with van der Waals surface area (Å²) in [6, 6.07) is 16.4. The summed E-state index contributed by atoms with van der Waals surface area (Å²) in [5, 5.41) is 3.45. The van der Waals surface area contributed by atoms with E-state index >= 15 is 0 Å². The maximum absolute atomic E-state index is 5.93. The van der Waals surface area contributed by atoms with Crippen molar-refractivity contribution < 1.29 is 14.2 Å². The SMILES string of the molecule is COCCOc1ccc(CNc2ccc(OCCC3CCCCC3)cc2)cc1. The predicted octanol–water partition coefficient (Wildman–Crippen LogP) is 5.67. The molecule has 0 heterocycles. The third-order valence-electron chi connectivity index (χ3n) is 5.35. The number of rotatable bonds is 11. The molecule has 0 spiro atoms. The lowest BCUT2D eigenvalue weighted by Gasteiger charge is -2.21. The fraction of sp³-hybridized carbons (Fsp3) is 0.500. The number of methoxy groups -OCH3 is 1. The van der Waals surface area contributed by atoms with Crippen molar-refractivity contribution in [3.05, 3.63) is 54.1 Å². The van der Waals surface area contributed by atoms with Gasteiger partial charge >= 0.3 is 0 Å². The smallest absolute Gasteiger partial charge is 0.119 e. The topological polar surface area (TPSA) is 39.7 Å². The van der Waals surface area contributed by atoms with Gasteiger partial charge in [-0.25, -0.2) is 0 Å². The summed E-state index contributed by atoms with van der Waals surface area (Å²) >= 11 is 0. The predicted molar refractivity (Wildman–Crippen MR) is 114 cm³/mol. The average Bonchev–Trinajstić information content (AvgIpc) is 2.75. The number of hydrogen-bond acceptors (Lipinski definition) is 4. The molecule has 28 heavy (non-hydrogen) atoms. The molecule has 2 aromatic carbocycles. The molecule has 1 aliphatic rings. The molecule has 0 aromatic heterocycles. The van der Waals surface area contributed by atoms with E-state index in [4.69, 9.17) is 14.2 Å². The second-order valence-corrected chi connectivity index (χ2v) is 7.50. The molecule has 0 radical (unpaired) electrons. The molecule has 0 unspecified atom stereocenters. The third kappa shape index (κ3) is 7.08. The standard InChI is InChI=1S/C24H33NO3/c1-26-17-18-28-23-11-7-21(8-12-23)19-25-22-9-13-24(14-10-22)27-16-15-20-5-3-2-4-6-20/h7-14,20,25H,2-6,15-19H2,1H3. The lowest BCUT2D eigenvalue weighted by Crippen LogP contribution is -2.10. The fourth-order valence-corrected chi connectivity index (χ4v) is 3.64. The first-order chi connectivity index (χ1) is 13.8. The second-order valence-electron chi connectivity index (χ2n) is 7.50. The molecular weight excluding hydrogens is 350 g/mol. The normalized spacial score (nSPS) is 14.6. The Morgan fingerprint density at radius 1 is 0.786 bits per heavy atom. The first-order valence-electron chi connectivity index (χ1n) is 10.5. The molecule has 0 amide bonds. The highest BCUT2D eigenvalue weighted by Crippen LogP contribution is 2.26. The van der Waals surface area contributed by atoms with Gasteiger partial charge < -0.3 is 19.5 Å². The van der Waals surface area contributed by atoms with Crippen molar-refractivity contribution in [3.8, 4) is 11.5 Å². The van der Waals surface area contributed by atoms with Crippen LogP contribution >= 0.6 is 0 Å². The first kappa shape index (κ1) is 20.5. The van der Waals surface area contributed by atoms with Gasteiger partial charge in [0.15, 0.2) is 0 Å². The van der Waals surface area contributed by atoms with Crippen LogP contribution in [-0.4, -0.2) is 26.9 Å². The van der Waals surface area contributed by atoms with Crippen LogP contribution in [0.15, 0.2) is 48.5 Å². The quantitative estimate of drug-likeness (QED) is 0.507. The van der Waals surface area contributed by atoms with E-state index in [2.05, 4.69) is 41.7 Å².